The maximum Gasteiger partial charge on any atom is 0.336 e. The van der Waals surface area contributed by atoms with Gasteiger partial charge in [0.05, 0.1) is 6.33 Å². The van der Waals surface area contributed by atoms with E-state index in [1.165, 1.54) is 12.4 Å². The first-order valence-corrected chi connectivity index (χ1v) is 7.12. The molecule has 0 aliphatic heterocycles. The monoisotopic (exact) mass is 330 g/mol. The number of hydrogen-bond donors (Lipinski definition) is 4. The van der Waals surface area contributed by atoms with Gasteiger partial charge in [-0.1, -0.05) is 0 Å². The Hall–Kier alpha value is -3.13. The van der Waals surface area contributed by atoms with Crippen LogP contribution in [0.3, 0.4) is 0 Å². The summed E-state index contributed by atoms with van der Waals surface area (Å²) in [6.45, 7) is 1.87. The van der Waals surface area contributed by atoms with Gasteiger partial charge in [-0.15, -0.1) is 0 Å². The molecule has 0 saturated carbocycles. The van der Waals surface area contributed by atoms with E-state index in [4.69, 9.17) is 21.0 Å². The van der Waals surface area contributed by atoms with E-state index in [0.717, 1.165) is 16.6 Å². The van der Waals surface area contributed by atoms with Gasteiger partial charge < -0.3 is 26.0 Å². The molecule has 0 aliphatic rings. The van der Waals surface area contributed by atoms with Crippen LogP contribution in [0.2, 0.25) is 0 Å². The van der Waals surface area contributed by atoms with Crippen LogP contribution in [0.5, 0.6) is 0 Å². The highest BCUT2D eigenvalue weighted by atomic mass is 16.4. The zero-order valence-corrected chi connectivity index (χ0v) is 13.0. The summed E-state index contributed by atoms with van der Waals surface area (Å²) in [7, 11) is 0. The van der Waals surface area contributed by atoms with Gasteiger partial charge in [0.1, 0.15) is 11.6 Å². The highest BCUT2D eigenvalue weighted by molar-refractivity contribution is 5.82. The van der Waals surface area contributed by atoms with Crippen LogP contribution in [-0.2, 0) is 11.2 Å². The predicted octanol–water partition coefficient (Wildman–Crippen LogP) is 1.05. The number of carboxylic acids is 1. The van der Waals surface area contributed by atoms with Gasteiger partial charge in [0, 0.05) is 41.5 Å². The molecule has 2 aromatic heterocycles. The number of carboxylic acid groups (broad SMARTS) is 1. The molecule has 126 valence electrons. The van der Waals surface area contributed by atoms with Crippen molar-refractivity contribution in [3.8, 4) is 0 Å². The third kappa shape index (κ3) is 4.43. The smallest absolute Gasteiger partial charge is 0.336 e. The summed E-state index contributed by atoms with van der Waals surface area (Å²) in [6.07, 6.45) is 3.34. The van der Waals surface area contributed by atoms with E-state index in [-0.39, 0.29) is 12.0 Å². The number of benzene rings is 1. The van der Waals surface area contributed by atoms with E-state index in [1.807, 2.05) is 13.0 Å². The lowest BCUT2D eigenvalue weighted by molar-refractivity contribution is -0.138. The average molecular weight is 330 g/mol. The van der Waals surface area contributed by atoms with Crippen molar-refractivity contribution in [1.82, 2.24) is 9.97 Å². The molecule has 24 heavy (non-hydrogen) atoms. The van der Waals surface area contributed by atoms with Crippen LogP contribution in [0, 0.1) is 6.92 Å². The van der Waals surface area contributed by atoms with Crippen LogP contribution in [0.1, 0.15) is 11.3 Å². The number of fused-ring (bicyclic) bond motifs is 1. The van der Waals surface area contributed by atoms with E-state index in [9.17, 15) is 9.59 Å². The van der Waals surface area contributed by atoms with Crippen molar-refractivity contribution in [3.63, 3.8) is 0 Å². The molecule has 0 fully saturated rings. The molecule has 8 heteroatoms. The van der Waals surface area contributed by atoms with Crippen molar-refractivity contribution >= 4 is 22.6 Å². The molecule has 1 aromatic carbocycles. The third-order valence-electron chi connectivity index (χ3n) is 3.29. The molecule has 8 nitrogen and oxygen atoms in total. The van der Waals surface area contributed by atoms with Gasteiger partial charge in [0.25, 0.3) is 0 Å². The first-order valence-electron chi connectivity index (χ1n) is 7.12. The SMILES string of the molecule is Cc1cc(=O)oc2cc(N)ccc12.N[C@@H](Cc1cnc[nH]1)C(=O)O. The molecule has 6 N–H and O–H groups in total. The van der Waals surface area contributed by atoms with Gasteiger partial charge >= 0.3 is 11.6 Å². The highest BCUT2D eigenvalue weighted by Gasteiger charge is 2.12. The van der Waals surface area contributed by atoms with Crippen LogP contribution in [-0.4, -0.2) is 27.1 Å². The lowest BCUT2D eigenvalue weighted by Crippen LogP contribution is -2.32. The van der Waals surface area contributed by atoms with E-state index in [0.29, 0.717) is 11.3 Å². The summed E-state index contributed by atoms with van der Waals surface area (Å²) in [5.41, 5.74) is 13.3. The fourth-order valence-corrected chi connectivity index (χ4v) is 2.06. The van der Waals surface area contributed by atoms with Gasteiger partial charge in [-0.05, 0) is 24.6 Å². The highest BCUT2D eigenvalue weighted by Crippen LogP contribution is 2.18. The number of imidazole rings is 1. The summed E-state index contributed by atoms with van der Waals surface area (Å²) < 4.78 is 4.99. The number of nitrogens with one attached hydrogen (secondary N) is 1. The van der Waals surface area contributed by atoms with Gasteiger partial charge in [-0.25, -0.2) is 9.78 Å². The van der Waals surface area contributed by atoms with Crippen molar-refractivity contribution in [3.05, 3.63) is 58.5 Å². The Balaban J connectivity index is 0.000000177. The molecule has 0 radical (unpaired) electrons. The molecule has 0 spiro atoms. The molecular formula is C16H18N4O4. The number of rotatable bonds is 3. The molecule has 0 aliphatic carbocycles. The topological polar surface area (TPSA) is 148 Å². The van der Waals surface area contributed by atoms with Crippen LogP contribution in [0.4, 0.5) is 5.69 Å². The third-order valence-corrected chi connectivity index (χ3v) is 3.29. The Morgan fingerprint density at radius 1 is 1.42 bits per heavy atom. The number of anilines is 1. The van der Waals surface area contributed by atoms with Crippen LogP contribution in [0.25, 0.3) is 11.0 Å². The first-order chi connectivity index (χ1) is 11.4. The molecule has 0 bridgehead atoms. The van der Waals surface area contributed by atoms with Crippen molar-refractivity contribution in [2.45, 2.75) is 19.4 Å². The van der Waals surface area contributed by atoms with Crippen molar-refractivity contribution in [2.24, 2.45) is 5.73 Å². The maximum absolute atomic E-state index is 11.0. The minimum atomic E-state index is -1.00. The Morgan fingerprint density at radius 3 is 2.79 bits per heavy atom. The molecule has 3 aromatic rings. The van der Waals surface area contributed by atoms with Crippen molar-refractivity contribution < 1.29 is 14.3 Å². The Morgan fingerprint density at radius 2 is 2.17 bits per heavy atom. The van der Waals surface area contributed by atoms with E-state index >= 15 is 0 Å². The predicted molar refractivity (Wildman–Crippen MR) is 89.5 cm³/mol. The lowest BCUT2D eigenvalue weighted by atomic mass is 10.1. The number of hydrogen-bond acceptors (Lipinski definition) is 6. The van der Waals surface area contributed by atoms with Crippen LogP contribution < -0.4 is 17.1 Å². The minimum absolute atomic E-state index is 0.287. The second-order valence-corrected chi connectivity index (χ2v) is 5.23. The minimum Gasteiger partial charge on any atom is -0.480 e. The zero-order chi connectivity index (χ0) is 17.7. The molecule has 0 amide bonds. The summed E-state index contributed by atoms with van der Waals surface area (Å²) in [4.78, 5) is 27.8. The fraction of sp³-hybridized carbons (Fsp3) is 0.188. The van der Waals surface area contributed by atoms with Gasteiger partial charge in [-0.2, -0.15) is 0 Å². The zero-order valence-electron chi connectivity index (χ0n) is 13.0. The Bertz CT molecular complexity index is 887. The number of aromatic amines is 1. The Kier molecular flexibility index (Phi) is 5.33. The second kappa shape index (κ2) is 7.42. The normalized spacial score (nSPS) is 11.6. The number of aliphatic carboxylic acids is 1. The lowest BCUT2D eigenvalue weighted by Gasteiger charge is -2.02. The quantitative estimate of drug-likeness (QED) is 0.414. The molecule has 0 saturated heterocycles. The number of nitrogens with zero attached hydrogens (tertiary/aromatic N) is 1. The second-order valence-electron chi connectivity index (χ2n) is 5.23. The number of nitrogen functional groups attached to an aromatic ring is 1. The molecular weight excluding hydrogens is 312 g/mol. The number of H-pyrrole nitrogens is 1. The van der Waals surface area contributed by atoms with Crippen molar-refractivity contribution in [1.29, 1.82) is 0 Å². The first kappa shape index (κ1) is 17.2. The van der Waals surface area contributed by atoms with Gasteiger partial charge in [0.15, 0.2) is 0 Å². The largest absolute Gasteiger partial charge is 0.480 e. The van der Waals surface area contributed by atoms with Crippen molar-refractivity contribution in [2.75, 3.05) is 5.73 Å². The van der Waals surface area contributed by atoms with Crippen LogP contribution >= 0.6 is 0 Å². The summed E-state index contributed by atoms with van der Waals surface area (Å²) in [6, 6.07) is 5.91. The molecule has 2 heterocycles. The van der Waals surface area contributed by atoms with E-state index < -0.39 is 12.0 Å². The molecule has 3 rings (SSSR count). The summed E-state index contributed by atoms with van der Waals surface area (Å²) >= 11 is 0. The maximum atomic E-state index is 11.0. The molecule has 1 atom stereocenters. The van der Waals surface area contributed by atoms with Gasteiger partial charge in [-0.3, -0.25) is 4.79 Å². The molecule has 0 unspecified atom stereocenters. The fourth-order valence-electron chi connectivity index (χ4n) is 2.06. The number of aromatic nitrogens is 2. The summed E-state index contributed by atoms with van der Waals surface area (Å²) in [5, 5.41) is 9.35. The number of nitrogens with two attached hydrogens (primary N) is 2. The van der Waals surface area contributed by atoms with Gasteiger partial charge in [0.2, 0.25) is 0 Å². The number of aryl methyl sites for hydroxylation is 1. The standard InChI is InChI=1S/C10H9NO2.C6H9N3O2/c1-6-4-10(12)13-9-5-7(11)2-3-8(6)9;7-5(6(10)11)1-4-2-8-3-9-4/h2-5H,11H2,1H3;2-3,5H,1,7H2,(H,8,9)(H,10,11)/t;5-/m.0/s1. The number of carbonyl (C=O) groups is 1. The van der Waals surface area contributed by atoms with Crippen LogP contribution in [0.15, 0.2) is 46.0 Å². The van der Waals surface area contributed by atoms with E-state index in [1.54, 1.807) is 18.3 Å². The summed E-state index contributed by atoms with van der Waals surface area (Å²) in [5.74, 6) is -1.00. The van der Waals surface area contributed by atoms with E-state index in [2.05, 4.69) is 9.97 Å². The average Bonchev–Trinajstić information content (AvgIpc) is 3.00. The Labute approximate surface area is 137 Å².